The van der Waals surface area contributed by atoms with Crippen LogP contribution in [0.15, 0.2) is 69.8 Å². The number of nitro groups is 1. The Hall–Kier alpha value is -3.74. The van der Waals surface area contributed by atoms with Gasteiger partial charge in [0, 0.05) is 28.0 Å². The molecule has 13 heteroatoms. The van der Waals surface area contributed by atoms with Gasteiger partial charge in [-0.05, 0) is 51.2 Å². The van der Waals surface area contributed by atoms with Gasteiger partial charge in [0.05, 0.1) is 42.9 Å². The Morgan fingerprint density at radius 1 is 1.27 bits per heavy atom. The van der Waals surface area contributed by atoms with E-state index in [1.54, 1.807) is 30.6 Å². The molecule has 0 saturated carbocycles. The third-order valence-corrected chi connectivity index (χ3v) is 6.70. The smallest absolute Gasteiger partial charge is 0.358 e. The van der Waals surface area contributed by atoms with Gasteiger partial charge in [-0.1, -0.05) is 16.6 Å². The number of halogens is 2. The minimum absolute atomic E-state index is 0.0863. The lowest BCUT2D eigenvalue weighted by Gasteiger charge is -2.28. The number of hydrogen-bond acceptors (Lipinski definition) is 8. The molecule has 1 amide bonds. The number of rotatable bonds is 9. The summed E-state index contributed by atoms with van der Waals surface area (Å²) in [6, 6.07) is 7.11. The Kier molecular flexibility index (Phi) is 7.91. The number of fused-ring (bicyclic) bond motifs is 1. The van der Waals surface area contributed by atoms with Crippen molar-refractivity contribution in [3.63, 3.8) is 0 Å². The molecule has 0 aliphatic carbocycles. The zero-order chi connectivity index (χ0) is 26.6. The number of anilines is 3. The van der Waals surface area contributed by atoms with E-state index in [0.717, 1.165) is 10.2 Å². The first-order valence-electron chi connectivity index (χ1n) is 11.1. The molecule has 1 aliphatic rings. The normalized spacial score (nSPS) is 13.5. The van der Waals surface area contributed by atoms with E-state index in [2.05, 4.69) is 46.5 Å². The molecule has 11 nitrogen and oxygen atoms in total. The van der Waals surface area contributed by atoms with Crippen molar-refractivity contribution in [2.45, 2.75) is 6.42 Å². The van der Waals surface area contributed by atoms with Crippen molar-refractivity contribution in [3.8, 4) is 0 Å². The highest BCUT2D eigenvalue weighted by molar-refractivity contribution is 9.10. The van der Waals surface area contributed by atoms with Crippen molar-refractivity contribution in [1.82, 2.24) is 15.0 Å². The lowest BCUT2D eigenvalue weighted by molar-refractivity contribution is -0.880. The average molecular weight is 587 g/mol. The number of benzene rings is 1. The third-order valence-electron chi connectivity index (χ3n) is 5.48. The van der Waals surface area contributed by atoms with Gasteiger partial charge in [-0.25, -0.2) is 15.0 Å². The van der Waals surface area contributed by atoms with Gasteiger partial charge in [0.1, 0.15) is 30.7 Å². The second-order valence-corrected chi connectivity index (χ2v) is 10.2. The molecule has 1 aromatic carbocycles. The molecule has 0 atom stereocenters. The van der Waals surface area contributed by atoms with Crippen LogP contribution in [0, 0.1) is 10.1 Å². The maximum Gasteiger partial charge on any atom is 0.368 e. The summed E-state index contributed by atoms with van der Waals surface area (Å²) in [6.45, 7) is 0.945. The molecule has 190 valence electrons. The van der Waals surface area contributed by atoms with Crippen LogP contribution in [0.3, 0.4) is 0 Å². The molecule has 4 rings (SSSR count). The molecule has 0 fully saturated rings. The highest BCUT2D eigenvalue weighted by Gasteiger charge is 2.28. The van der Waals surface area contributed by atoms with Crippen molar-refractivity contribution < 1.29 is 14.2 Å². The predicted octanol–water partition coefficient (Wildman–Crippen LogP) is 4.72. The highest BCUT2D eigenvalue weighted by Crippen LogP contribution is 2.29. The Bertz CT molecular complexity index is 1470. The number of aromatic nitrogens is 3. The monoisotopic (exact) mass is 585 g/mol. The summed E-state index contributed by atoms with van der Waals surface area (Å²) < 4.78 is 1.17. The Morgan fingerprint density at radius 3 is 2.84 bits per heavy atom. The summed E-state index contributed by atoms with van der Waals surface area (Å²) in [5.41, 5.74) is 2.05. The Labute approximate surface area is 225 Å². The van der Waals surface area contributed by atoms with E-state index >= 15 is 0 Å². The van der Waals surface area contributed by atoms with Crippen LogP contribution in [0.2, 0.25) is 5.02 Å². The SMILES string of the molecule is C[N+](C)(C/C=C/C(=O)Nc1cc2c(Nc3ccc(Cl)c(Br)c3)ncnc2cn1)CC1=C([N+](=O)[O-])N=CC1. The van der Waals surface area contributed by atoms with Crippen molar-refractivity contribution >= 4 is 67.9 Å². The van der Waals surface area contributed by atoms with Crippen LogP contribution in [0.1, 0.15) is 6.42 Å². The molecule has 2 aromatic heterocycles. The number of quaternary nitrogens is 1. The second-order valence-electron chi connectivity index (χ2n) is 8.93. The van der Waals surface area contributed by atoms with Gasteiger partial charge in [0.15, 0.2) is 0 Å². The van der Waals surface area contributed by atoms with E-state index in [0.29, 0.717) is 57.1 Å². The van der Waals surface area contributed by atoms with Crippen LogP contribution < -0.4 is 10.6 Å². The maximum atomic E-state index is 12.5. The molecule has 3 heterocycles. The van der Waals surface area contributed by atoms with E-state index in [1.165, 1.54) is 12.4 Å². The molecular weight excluding hydrogens is 564 g/mol. The molecule has 0 spiro atoms. The average Bonchev–Trinajstić information content (AvgIpc) is 3.29. The van der Waals surface area contributed by atoms with E-state index in [1.807, 2.05) is 26.2 Å². The van der Waals surface area contributed by atoms with Crippen LogP contribution in [0.5, 0.6) is 0 Å². The molecule has 0 unspecified atom stereocenters. The molecule has 1 aliphatic heterocycles. The van der Waals surface area contributed by atoms with Gasteiger partial charge in [-0.15, -0.1) is 0 Å². The van der Waals surface area contributed by atoms with Gasteiger partial charge in [-0.3, -0.25) is 4.79 Å². The number of aliphatic imine (C=N–C) groups is 1. The van der Waals surface area contributed by atoms with E-state index in [9.17, 15) is 14.9 Å². The highest BCUT2D eigenvalue weighted by atomic mass is 79.9. The van der Waals surface area contributed by atoms with Crippen molar-refractivity contribution in [3.05, 3.63) is 79.9 Å². The van der Waals surface area contributed by atoms with E-state index < -0.39 is 4.92 Å². The van der Waals surface area contributed by atoms with Crippen molar-refractivity contribution in [2.24, 2.45) is 4.99 Å². The fourth-order valence-electron chi connectivity index (χ4n) is 3.77. The number of pyridine rings is 1. The first-order chi connectivity index (χ1) is 17.6. The Morgan fingerprint density at radius 2 is 2.08 bits per heavy atom. The molecule has 37 heavy (non-hydrogen) atoms. The summed E-state index contributed by atoms with van der Waals surface area (Å²) in [5.74, 6) is 0.451. The molecule has 0 saturated heterocycles. The number of nitrogens with zero attached hydrogens (tertiary/aromatic N) is 6. The van der Waals surface area contributed by atoms with Gasteiger partial charge in [0.25, 0.3) is 0 Å². The van der Waals surface area contributed by atoms with Crippen LogP contribution in [-0.2, 0) is 4.79 Å². The minimum atomic E-state index is -0.459. The summed E-state index contributed by atoms with van der Waals surface area (Å²) in [6.07, 6.45) is 8.16. The number of hydrogen-bond donors (Lipinski definition) is 2. The largest absolute Gasteiger partial charge is 0.368 e. The van der Waals surface area contributed by atoms with E-state index in [-0.39, 0.29) is 11.7 Å². The van der Waals surface area contributed by atoms with Crippen LogP contribution in [0.4, 0.5) is 17.3 Å². The zero-order valence-corrected chi connectivity index (χ0v) is 22.3. The van der Waals surface area contributed by atoms with Gasteiger partial charge in [0.2, 0.25) is 5.91 Å². The summed E-state index contributed by atoms with van der Waals surface area (Å²) in [4.78, 5) is 39.9. The Balaban J connectivity index is 1.42. The number of nitrogens with one attached hydrogen (secondary N) is 2. The van der Waals surface area contributed by atoms with Crippen LogP contribution in [-0.4, -0.2) is 63.7 Å². The topological polar surface area (TPSA) is 135 Å². The van der Waals surface area contributed by atoms with Gasteiger partial charge >= 0.3 is 5.82 Å². The van der Waals surface area contributed by atoms with Crippen molar-refractivity contribution in [2.75, 3.05) is 37.8 Å². The van der Waals surface area contributed by atoms with E-state index in [4.69, 9.17) is 11.6 Å². The second kappa shape index (κ2) is 11.1. The number of carbonyl (C=O) groups excluding carboxylic acids is 1. The lowest BCUT2D eigenvalue weighted by atomic mass is 10.2. The fourth-order valence-corrected chi connectivity index (χ4v) is 4.26. The molecule has 0 bridgehead atoms. The minimum Gasteiger partial charge on any atom is -0.358 e. The summed E-state index contributed by atoms with van der Waals surface area (Å²) in [7, 11) is 3.87. The third kappa shape index (κ3) is 6.73. The standard InChI is InChI=1S/C24H22BrClN8O3/c1-34(2,13-15-7-8-27-24(15)33(36)37)9-3-4-22(35)32-21-11-17-20(12-28-21)29-14-30-23(17)31-16-5-6-19(26)18(25)10-16/h3-6,8,10-12,14H,7,9,13H2,1-2H3,(H-,28,29,30,31,32,35)/p+1/b4-3+. The number of likely N-dealkylation sites (N-methyl/N-ethyl adjacent to an activating group) is 1. The predicted molar refractivity (Wildman–Crippen MR) is 147 cm³/mol. The molecule has 0 radical (unpaired) electrons. The molecule has 2 N–H and O–H groups in total. The van der Waals surface area contributed by atoms with Crippen molar-refractivity contribution in [1.29, 1.82) is 0 Å². The van der Waals surface area contributed by atoms with Crippen LogP contribution in [0.25, 0.3) is 10.9 Å². The first-order valence-corrected chi connectivity index (χ1v) is 12.3. The molecule has 3 aromatic rings. The van der Waals surface area contributed by atoms with Gasteiger partial charge < -0.3 is 25.2 Å². The first kappa shape index (κ1) is 26.3. The van der Waals surface area contributed by atoms with Gasteiger partial charge in [-0.2, -0.15) is 0 Å². The summed E-state index contributed by atoms with van der Waals surface area (Å²) in [5, 5.41) is 18.4. The maximum absolute atomic E-state index is 12.5. The quantitative estimate of drug-likeness (QED) is 0.160. The fraction of sp³-hybridized carbons (Fsp3) is 0.208. The number of carbonyl (C=O) groups is 1. The zero-order valence-electron chi connectivity index (χ0n) is 20.0. The summed E-state index contributed by atoms with van der Waals surface area (Å²) >= 11 is 9.48. The van der Waals surface area contributed by atoms with Crippen LogP contribution >= 0.6 is 27.5 Å². The molecular formula is C24H23BrClN8O3+. The number of amides is 1. The lowest BCUT2D eigenvalue weighted by Crippen LogP contribution is -2.41.